The van der Waals surface area contributed by atoms with Crippen molar-refractivity contribution in [1.82, 2.24) is 24.8 Å². The summed E-state index contributed by atoms with van der Waals surface area (Å²) in [6, 6.07) is 4.98. The SMILES string of the molecule is CCNc1nccc(-c2sc(NC(=O)Nc3ccc(CN4CCN(CC)CC4)c(C(F)(F)F)c3)nc2C)n1. The van der Waals surface area contributed by atoms with E-state index < -0.39 is 17.8 Å². The molecule has 2 amide bonds. The molecule has 0 saturated carbocycles. The van der Waals surface area contributed by atoms with Crippen LogP contribution in [-0.2, 0) is 12.7 Å². The zero-order valence-electron chi connectivity index (χ0n) is 21.5. The molecule has 3 aromatic rings. The lowest BCUT2D eigenvalue weighted by atomic mass is 10.0. The number of nitrogens with one attached hydrogen (secondary N) is 3. The van der Waals surface area contributed by atoms with Crippen LogP contribution in [0, 0.1) is 6.92 Å². The maximum absolute atomic E-state index is 13.9. The second-order valence-corrected chi connectivity index (χ2v) is 9.89. The number of aromatic nitrogens is 3. The summed E-state index contributed by atoms with van der Waals surface area (Å²) in [6.07, 6.45) is -2.91. The van der Waals surface area contributed by atoms with Crippen molar-refractivity contribution >= 4 is 34.1 Å². The van der Waals surface area contributed by atoms with Gasteiger partial charge in [0, 0.05) is 51.2 Å². The molecule has 1 saturated heterocycles. The summed E-state index contributed by atoms with van der Waals surface area (Å²) in [4.78, 5) is 30.6. The summed E-state index contributed by atoms with van der Waals surface area (Å²) in [7, 11) is 0. The third-order valence-electron chi connectivity index (χ3n) is 6.22. The van der Waals surface area contributed by atoms with Gasteiger partial charge in [0.1, 0.15) is 0 Å². The number of likely N-dealkylation sites (N-methyl/N-ethyl adjacent to an activating group) is 1. The van der Waals surface area contributed by atoms with E-state index in [9.17, 15) is 18.0 Å². The fourth-order valence-corrected chi connectivity index (χ4v) is 5.17. The fourth-order valence-electron chi connectivity index (χ4n) is 4.24. The van der Waals surface area contributed by atoms with Crippen LogP contribution in [0.1, 0.15) is 30.7 Å². The second-order valence-electron chi connectivity index (χ2n) is 8.89. The number of carbonyl (C=O) groups is 1. The largest absolute Gasteiger partial charge is 0.416 e. The molecule has 204 valence electrons. The summed E-state index contributed by atoms with van der Waals surface area (Å²) in [5, 5.41) is 8.47. The number of alkyl halides is 3. The molecule has 3 N–H and O–H groups in total. The minimum Gasteiger partial charge on any atom is -0.354 e. The molecule has 1 aromatic carbocycles. The first kappa shape index (κ1) is 27.7. The first-order valence-electron chi connectivity index (χ1n) is 12.4. The van der Waals surface area contributed by atoms with Gasteiger partial charge in [-0.05, 0) is 44.2 Å². The highest BCUT2D eigenvalue weighted by Gasteiger charge is 2.34. The minimum absolute atomic E-state index is 0.0500. The average molecular weight is 549 g/mol. The van der Waals surface area contributed by atoms with Crippen molar-refractivity contribution < 1.29 is 18.0 Å². The van der Waals surface area contributed by atoms with Crippen LogP contribution in [0.3, 0.4) is 0 Å². The Balaban J connectivity index is 1.44. The van der Waals surface area contributed by atoms with E-state index in [1.165, 1.54) is 23.5 Å². The van der Waals surface area contributed by atoms with E-state index in [1.54, 1.807) is 19.2 Å². The van der Waals surface area contributed by atoms with E-state index in [4.69, 9.17) is 0 Å². The van der Waals surface area contributed by atoms with E-state index in [0.717, 1.165) is 30.6 Å². The molecule has 38 heavy (non-hydrogen) atoms. The molecule has 0 aliphatic carbocycles. The topological polar surface area (TPSA) is 98.3 Å². The van der Waals surface area contributed by atoms with Gasteiger partial charge in [0.2, 0.25) is 5.95 Å². The summed E-state index contributed by atoms with van der Waals surface area (Å²) >= 11 is 1.22. The molecule has 2 aromatic heterocycles. The monoisotopic (exact) mass is 548 g/mol. The lowest BCUT2D eigenvalue weighted by Gasteiger charge is -2.34. The number of anilines is 3. The van der Waals surface area contributed by atoms with E-state index >= 15 is 0 Å². The van der Waals surface area contributed by atoms with Gasteiger partial charge in [-0.25, -0.2) is 19.7 Å². The molecule has 9 nitrogen and oxygen atoms in total. The highest BCUT2D eigenvalue weighted by molar-refractivity contribution is 7.19. The van der Waals surface area contributed by atoms with Crippen LogP contribution in [0.2, 0.25) is 0 Å². The van der Waals surface area contributed by atoms with E-state index in [-0.39, 0.29) is 17.8 Å². The highest BCUT2D eigenvalue weighted by Crippen LogP contribution is 2.35. The van der Waals surface area contributed by atoms with Crippen LogP contribution < -0.4 is 16.0 Å². The Bertz CT molecular complexity index is 1260. The number of aryl methyl sites for hydroxylation is 1. The summed E-state index contributed by atoms with van der Waals surface area (Å²) in [6.45, 7) is 10.7. The number of benzene rings is 1. The van der Waals surface area contributed by atoms with Crippen LogP contribution in [-0.4, -0.2) is 70.1 Å². The van der Waals surface area contributed by atoms with Crippen molar-refractivity contribution in [2.75, 3.05) is 55.2 Å². The Kier molecular flexibility index (Phi) is 8.80. The van der Waals surface area contributed by atoms with Crippen molar-refractivity contribution in [2.24, 2.45) is 0 Å². The van der Waals surface area contributed by atoms with E-state index in [0.29, 0.717) is 42.1 Å². The van der Waals surface area contributed by atoms with Crippen molar-refractivity contribution in [1.29, 1.82) is 0 Å². The van der Waals surface area contributed by atoms with E-state index in [1.807, 2.05) is 11.8 Å². The summed E-state index contributed by atoms with van der Waals surface area (Å²) in [5.41, 5.74) is 0.807. The molecular weight excluding hydrogens is 517 g/mol. The summed E-state index contributed by atoms with van der Waals surface area (Å²) in [5.74, 6) is 0.484. The first-order chi connectivity index (χ1) is 18.2. The van der Waals surface area contributed by atoms with Gasteiger partial charge < -0.3 is 15.5 Å². The summed E-state index contributed by atoms with van der Waals surface area (Å²) < 4.78 is 41.7. The van der Waals surface area contributed by atoms with Gasteiger partial charge in [0.05, 0.1) is 21.8 Å². The van der Waals surface area contributed by atoms with Crippen LogP contribution in [0.5, 0.6) is 0 Å². The molecule has 4 rings (SSSR count). The quantitative estimate of drug-likeness (QED) is 0.359. The second kappa shape index (κ2) is 12.0. The molecule has 13 heteroatoms. The lowest BCUT2D eigenvalue weighted by Crippen LogP contribution is -2.45. The average Bonchev–Trinajstić information content (AvgIpc) is 3.24. The number of carbonyl (C=O) groups excluding carboxylic acids is 1. The third-order valence-corrected chi connectivity index (χ3v) is 7.31. The number of nitrogens with zero attached hydrogens (tertiary/aromatic N) is 5. The molecule has 0 spiro atoms. The van der Waals surface area contributed by atoms with Gasteiger partial charge in [0.25, 0.3) is 0 Å². The number of thiazole rings is 1. The van der Waals surface area contributed by atoms with Crippen LogP contribution in [0.15, 0.2) is 30.5 Å². The molecule has 3 heterocycles. The molecule has 0 bridgehead atoms. The van der Waals surface area contributed by atoms with Gasteiger partial charge in [-0.2, -0.15) is 13.2 Å². The van der Waals surface area contributed by atoms with Crippen molar-refractivity contribution in [2.45, 2.75) is 33.5 Å². The Morgan fingerprint density at radius 1 is 1.05 bits per heavy atom. The highest BCUT2D eigenvalue weighted by atomic mass is 32.1. The van der Waals surface area contributed by atoms with Gasteiger partial charge in [0.15, 0.2) is 5.13 Å². The molecule has 0 radical (unpaired) electrons. The van der Waals surface area contributed by atoms with E-state index in [2.05, 4.69) is 42.7 Å². The Morgan fingerprint density at radius 3 is 2.47 bits per heavy atom. The number of rotatable bonds is 8. The normalized spacial score (nSPS) is 14.9. The zero-order valence-corrected chi connectivity index (χ0v) is 22.3. The first-order valence-corrected chi connectivity index (χ1v) is 13.3. The predicted molar refractivity (Wildman–Crippen MR) is 144 cm³/mol. The maximum atomic E-state index is 13.9. The third kappa shape index (κ3) is 6.97. The molecule has 1 aliphatic heterocycles. The standard InChI is InChI=1S/C25H31F3N8OS/c1-4-29-22-30-9-8-20(33-22)21-16(3)31-24(38-21)34-23(37)32-18-7-6-17(19(14-18)25(26,27)28)15-36-12-10-35(5-2)11-13-36/h6-9,14H,4-5,10-13,15H2,1-3H3,(H,29,30,33)(H2,31,32,34,37). The number of halogens is 3. The van der Waals surface area contributed by atoms with Gasteiger partial charge in [-0.15, -0.1) is 0 Å². The Labute approximate surface area is 223 Å². The van der Waals surface area contributed by atoms with Crippen molar-refractivity contribution in [3.8, 4) is 10.6 Å². The van der Waals surface area contributed by atoms with Gasteiger partial charge in [-0.3, -0.25) is 10.2 Å². The lowest BCUT2D eigenvalue weighted by molar-refractivity contribution is -0.138. The smallest absolute Gasteiger partial charge is 0.354 e. The Morgan fingerprint density at radius 2 is 1.79 bits per heavy atom. The van der Waals surface area contributed by atoms with Crippen LogP contribution >= 0.6 is 11.3 Å². The minimum atomic E-state index is -4.54. The van der Waals surface area contributed by atoms with Gasteiger partial charge >= 0.3 is 12.2 Å². The molecule has 0 unspecified atom stereocenters. The number of urea groups is 1. The molecule has 1 fully saturated rings. The van der Waals surface area contributed by atoms with Gasteiger partial charge in [-0.1, -0.05) is 24.3 Å². The van der Waals surface area contributed by atoms with Crippen LogP contribution in [0.25, 0.3) is 10.6 Å². The fraction of sp³-hybridized carbons (Fsp3) is 0.440. The number of hydrogen-bond acceptors (Lipinski definition) is 8. The Hall–Kier alpha value is -3.29. The molecule has 1 aliphatic rings. The maximum Gasteiger partial charge on any atom is 0.416 e. The predicted octanol–water partition coefficient (Wildman–Crippen LogP) is 5.14. The van der Waals surface area contributed by atoms with Crippen LogP contribution in [0.4, 0.5) is 34.7 Å². The zero-order chi connectivity index (χ0) is 27.3. The number of amides is 2. The molecule has 0 atom stereocenters. The van der Waals surface area contributed by atoms with Crippen molar-refractivity contribution in [3.63, 3.8) is 0 Å². The number of piperazine rings is 1. The molecular formula is C25H31F3N8OS. The number of hydrogen-bond donors (Lipinski definition) is 3. The van der Waals surface area contributed by atoms with Crippen molar-refractivity contribution in [3.05, 3.63) is 47.3 Å².